The number of alkyl halides is 5. The van der Waals surface area contributed by atoms with Crippen molar-refractivity contribution in [2.75, 3.05) is 6.67 Å². The maximum Gasteiger partial charge on any atom is 0.338 e. The van der Waals surface area contributed by atoms with Crippen molar-refractivity contribution in [2.45, 2.75) is 18.3 Å². The average molecular weight is 218 g/mol. The van der Waals surface area contributed by atoms with Crippen molar-refractivity contribution >= 4 is 5.97 Å². The Morgan fingerprint density at radius 2 is 1.64 bits per heavy atom. The first-order valence-electron chi connectivity index (χ1n) is 3.37. The third-order valence-corrected chi connectivity index (χ3v) is 1.44. The van der Waals surface area contributed by atoms with Gasteiger partial charge in [-0.15, -0.1) is 0 Å². The fourth-order valence-electron chi connectivity index (χ4n) is 0.571. The van der Waals surface area contributed by atoms with E-state index in [1.165, 1.54) is 0 Å². The van der Waals surface area contributed by atoms with Gasteiger partial charge in [-0.3, -0.25) is 0 Å². The van der Waals surface area contributed by atoms with E-state index in [9.17, 15) is 26.7 Å². The Morgan fingerprint density at radius 1 is 1.21 bits per heavy atom. The van der Waals surface area contributed by atoms with Gasteiger partial charge in [0.2, 0.25) is 0 Å². The van der Waals surface area contributed by atoms with Crippen LogP contribution in [0.5, 0.6) is 0 Å². The number of carbonyl (C=O) groups is 1. The monoisotopic (exact) mass is 218 g/mol. The topological polar surface area (TPSA) is 37.3 Å². The molecule has 0 aromatic carbocycles. The molecule has 0 aliphatic rings. The van der Waals surface area contributed by atoms with E-state index >= 15 is 0 Å². The van der Waals surface area contributed by atoms with Gasteiger partial charge in [-0.1, -0.05) is 6.58 Å². The zero-order valence-electron chi connectivity index (χ0n) is 6.87. The van der Waals surface area contributed by atoms with Gasteiger partial charge in [0.15, 0.2) is 6.67 Å². The van der Waals surface area contributed by atoms with Crippen LogP contribution in [0.2, 0.25) is 0 Å². The Hall–Kier alpha value is -1.14. The lowest BCUT2D eigenvalue weighted by Crippen LogP contribution is -2.43. The van der Waals surface area contributed by atoms with Crippen molar-refractivity contribution in [3.63, 3.8) is 0 Å². The summed E-state index contributed by atoms with van der Waals surface area (Å²) in [6, 6.07) is 0. The summed E-state index contributed by atoms with van der Waals surface area (Å²) in [5.74, 6) is -11.4. The molecule has 2 nitrogen and oxygen atoms in total. The van der Waals surface area contributed by atoms with E-state index in [1.807, 2.05) is 0 Å². The van der Waals surface area contributed by atoms with E-state index < -0.39 is 36.5 Å². The van der Waals surface area contributed by atoms with Crippen LogP contribution >= 0.6 is 0 Å². The highest BCUT2D eigenvalue weighted by atomic mass is 19.3. The highest BCUT2D eigenvalue weighted by Gasteiger charge is 2.56. The van der Waals surface area contributed by atoms with Crippen LogP contribution in [0.3, 0.4) is 0 Å². The minimum absolute atomic E-state index is 1.09. The van der Waals surface area contributed by atoms with Gasteiger partial charge in [0.1, 0.15) is 0 Å². The Kier molecular flexibility index (Phi) is 3.61. The maximum atomic E-state index is 12.5. The van der Waals surface area contributed by atoms with E-state index in [2.05, 4.69) is 6.58 Å². The fourth-order valence-corrected chi connectivity index (χ4v) is 0.571. The molecule has 0 amide bonds. The highest BCUT2D eigenvalue weighted by molar-refractivity contribution is 5.85. The predicted molar refractivity (Wildman–Crippen MR) is 37.3 cm³/mol. The maximum absolute atomic E-state index is 12.5. The van der Waals surface area contributed by atoms with E-state index in [4.69, 9.17) is 5.11 Å². The molecular weight excluding hydrogens is 211 g/mol. The molecule has 0 aromatic heterocycles. The molecule has 0 fully saturated rings. The van der Waals surface area contributed by atoms with E-state index in [-0.39, 0.29) is 0 Å². The molecule has 0 saturated carbocycles. The second kappa shape index (κ2) is 3.93. The SMILES string of the molecule is C=C(CC(F)(F)C(F)(F)CF)C(=O)O. The molecule has 1 N–H and O–H groups in total. The first-order valence-corrected chi connectivity index (χ1v) is 3.37. The molecule has 0 aromatic rings. The molecule has 0 rings (SSSR count). The van der Waals surface area contributed by atoms with Crippen molar-refractivity contribution in [3.05, 3.63) is 12.2 Å². The summed E-state index contributed by atoms with van der Waals surface area (Å²) in [6.45, 7) is 0.103. The van der Waals surface area contributed by atoms with Gasteiger partial charge in [0.05, 0.1) is 0 Å². The lowest BCUT2D eigenvalue weighted by atomic mass is 10.0. The number of hydrogen-bond donors (Lipinski definition) is 1. The smallest absolute Gasteiger partial charge is 0.338 e. The molecule has 0 spiro atoms. The van der Waals surface area contributed by atoms with E-state index in [1.54, 1.807) is 0 Å². The summed E-state index contributed by atoms with van der Waals surface area (Å²) in [5, 5.41) is 8.11. The highest BCUT2D eigenvalue weighted by Crippen LogP contribution is 2.38. The molecule has 0 heterocycles. The van der Waals surface area contributed by atoms with E-state index in [0.29, 0.717) is 0 Å². The number of halogens is 5. The summed E-state index contributed by atoms with van der Waals surface area (Å²) < 4.78 is 60.9. The third-order valence-electron chi connectivity index (χ3n) is 1.44. The van der Waals surface area contributed by atoms with Gasteiger partial charge < -0.3 is 5.11 Å². The molecule has 0 aliphatic heterocycles. The van der Waals surface area contributed by atoms with Crippen molar-refractivity contribution in [3.8, 4) is 0 Å². The summed E-state index contributed by atoms with van der Waals surface area (Å²) in [5.41, 5.74) is -1.09. The first kappa shape index (κ1) is 12.9. The van der Waals surface area contributed by atoms with Crippen molar-refractivity contribution < 1.29 is 31.9 Å². The number of aliphatic carboxylic acids is 1. The zero-order chi connectivity index (χ0) is 11.6. The standard InChI is InChI=1S/C7H7F5O2/c1-4(5(13)14)2-6(9,10)7(11,12)3-8/h1-3H2,(H,13,14). The van der Waals surface area contributed by atoms with Crippen molar-refractivity contribution in [1.29, 1.82) is 0 Å². The normalized spacial score (nSPS) is 12.6. The predicted octanol–water partition coefficient (Wildman–Crippen LogP) is 2.26. The summed E-state index contributed by atoms with van der Waals surface area (Å²) in [4.78, 5) is 10.0. The molecule has 0 bridgehead atoms. The molecule has 7 heteroatoms. The molecule has 0 aliphatic carbocycles. The minimum atomic E-state index is -4.87. The number of hydrogen-bond acceptors (Lipinski definition) is 1. The molecule has 0 atom stereocenters. The van der Waals surface area contributed by atoms with Crippen LogP contribution < -0.4 is 0 Å². The summed E-state index contributed by atoms with van der Waals surface area (Å²) >= 11 is 0. The lowest BCUT2D eigenvalue weighted by molar-refractivity contribution is -0.214. The van der Waals surface area contributed by atoms with Gasteiger partial charge in [-0.2, -0.15) is 17.6 Å². The first-order chi connectivity index (χ1) is 6.14. The Bertz CT molecular complexity index is 248. The lowest BCUT2D eigenvalue weighted by Gasteiger charge is -2.23. The molecule has 14 heavy (non-hydrogen) atoms. The van der Waals surface area contributed by atoms with Crippen LogP contribution in [0.1, 0.15) is 6.42 Å². The van der Waals surface area contributed by atoms with Gasteiger partial charge in [-0.05, 0) is 0 Å². The average Bonchev–Trinajstić information content (AvgIpc) is 2.03. The summed E-state index contributed by atoms with van der Waals surface area (Å²) in [7, 11) is 0. The molecule has 82 valence electrons. The van der Waals surface area contributed by atoms with Gasteiger partial charge in [-0.25, -0.2) is 9.18 Å². The molecule has 0 saturated heterocycles. The minimum Gasteiger partial charge on any atom is -0.478 e. The molecule has 0 radical (unpaired) electrons. The molecular formula is C7H7F5O2. The largest absolute Gasteiger partial charge is 0.478 e. The summed E-state index contributed by atoms with van der Waals surface area (Å²) in [6.07, 6.45) is -1.78. The quantitative estimate of drug-likeness (QED) is 0.567. The van der Waals surface area contributed by atoms with Crippen molar-refractivity contribution in [2.24, 2.45) is 0 Å². The Morgan fingerprint density at radius 3 is 1.93 bits per heavy atom. The van der Waals surface area contributed by atoms with Crippen LogP contribution in [0.4, 0.5) is 22.0 Å². The Balaban J connectivity index is 4.65. The zero-order valence-corrected chi connectivity index (χ0v) is 6.87. The van der Waals surface area contributed by atoms with Crippen LogP contribution in [0, 0.1) is 0 Å². The number of carboxylic acid groups (broad SMARTS) is 1. The van der Waals surface area contributed by atoms with Gasteiger partial charge in [0, 0.05) is 12.0 Å². The van der Waals surface area contributed by atoms with Crippen LogP contribution in [0.25, 0.3) is 0 Å². The van der Waals surface area contributed by atoms with Crippen molar-refractivity contribution in [1.82, 2.24) is 0 Å². The van der Waals surface area contributed by atoms with E-state index in [0.717, 1.165) is 0 Å². The van der Waals surface area contributed by atoms with Crippen LogP contribution in [-0.4, -0.2) is 29.6 Å². The molecule has 0 unspecified atom stereocenters. The van der Waals surface area contributed by atoms with Gasteiger partial charge >= 0.3 is 17.8 Å². The Labute approximate surface area is 76.0 Å². The third kappa shape index (κ3) is 2.68. The number of rotatable bonds is 5. The number of carboxylic acids is 1. The second-order valence-corrected chi connectivity index (χ2v) is 2.63. The van der Waals surface area contributed by atoms with Crippen LogP contribution in [-0.2, 0) is 4.79 Å². The second-order valence-electron chi connectivity index (χ2n) is 2.63. The van der Waals surface area contributed by atoms with Gasteiger partial charge in [0.25, 0.3) is 0 Å². The fraction of sp³-hybridized carbons (Fsp3) is 0.571. The van der Waals surface area contributed by atoms with Crippen LogP contribution in [0.15, 0.2) is 12.2 Å².